The SMILES string of the molecule is CNCCC1CCCCN1Cc1cc(F)ccc1F. The van der Waals surface area contributed by atoms with E-state index in [-0.39, 0.29) is 11.6 Å². The molecular formula is C15H22F2N2. The van der Waals surface area contributed by atoms with E-state index in [4.69, 9.17) is 0 Å². The van der Waals surface area contributed by atoms with Crippen molar-refractivity contribution in [3.8, 4) is 0 Å². The number of halogens is 2. The molecule has 1 heterocycles. The molecule has 1 saturated heterocycles. The number of piperidine rings is 1. The molecule has 1 aromatic carbocycles. The van der Waals surface area contributed by atoms with Crippen molar-refractivity contribution >= 4 is 0 Å². The second kappa shape index (κ2) is 6.96. The summed E-state index contributed by atoms with van der Waals surface area (Å²) >= 11 is 0. The maximum atomic E-state index is 13.7. The van der Waals surface area contributed by atoms with Gasteiger partial charge in [0, 0.05) is 18.2 Å². The van der Waals surface area contributed by atoms with Crippen molar-refractivity contribution in [2.45, 2.75) is 38.3 Å². The fourth-order valence-corrected chi connectivity index (χ4v) is 2.79. The summed E-state index contributed by atoms with van der Waals surface area (Å²) in [6, 6.07) is 4.19. The monoisotopic (exact) mass is 268 g/mol. The third-order valence-corrected chi connectivity index (χ3v) is 3.86. The molecule has 0 spiro atoms. The van der Waals surface area contributed by atoms with Crippen molar-refractivity contribution in [3.05, 3.63) is 35.4 Å². The smallest absolute Gasteiger partial charge is 0.127 e. The molecule has 1 fully saturated rings. The van der Waals surface area contributed by atoms with Crippen molar-refractivity contribution in [1.82, 2.24) is 10.2 Å². The van der Waals surface area contributed by atoms with Crippen LogP contribution in [0.15, 0.2) is 18.2 Å². The summed E-state index contributed by atoms with van der Waals surface area (Å²) in [7, 11) is 1.94. The van der Waals surface area contributed by atoms with Crippen LogP contribution in [0.5, 0.6) is 0 Å². The second-order valence-corrected chi connectivity index (χ2v) is 5.25. The van der Waals surface area contributed by atoms with E-state index in [9.17, 15) is 8.78 Å². The molecule has 1 unspecified atom stereocenters. The van der Waals surface area contributed by atoms with Gasteiger partial charge in [-0.05, 0) is 57.6 Å². The summed E-state index contributed by atoms with van der Waals surface area (Å²) in [6.45, 7) is 2.45. The van der Waals surface area contributed by atoms with Gasteiger partial charge in [0.2, 0.25) is 0 Å². The van der Waals surface area contributed by atoms with Gasteiger partial charge in [0.15, 0.2) is 0 Å². The largest absolute Gasteiger partial charge is 0.320 e. The van der Waals surface area contributed by atoms with Gasteiger partial charge in [-0.15, -0.1) is 0 Å². The van der Waals surface area contributed by atoms with Gasteiger partial charge < -0.3 is 5.32 Å². The predicted octanol–water partition coefficient (Wildman–Crippen LogP) is 2.93. The predicted molar refractivity (Wildman–Crippen MR) is 73.0 cm³/mol. The second-order valence-electron chi connectivity index (χ2n) is 5.25. The van der Waals surface area contributed by atoms with E-state index in [1.807, 2.05) is 7.05 Å². The average molecular weight is 268 g/mol. The van der Waals surface area contributed by atoms with E-state index in [1.165, 1.54) is 24.6 Å². The molecule has 1 N–H and O–H groups in total. The molecule has 1 aromatic rings. The van der Waals surface area contributed by atoms with E-state index in [0.29, 0.717) is 18.2 Å². The third-order valence-electron chi connectivity index (χ3n) is 3.86. The Labute approximate surface area is 113 Å². The number of rotatable bonds is 5. The summed E-state index contributed by atoms with van der Waals surface area (Å²) in [5.41, 5.74) is 0.469. The molecule has 1 atom stereocenters. The number of likely N-dealkylation sites (tertiary alicyclic amines) is 1. The summed E-state index contributed by atoms with van der Waals surface area (Å²) in [4.78, 5) is 2.29. The Morgan fingerprint density at radius 3 is 2.95 bits per heavy atom. The molecule has 0 amide bonds. The lowest BCUT2D eigenvalue weighted by molar-refractivity contribution is 0.131. The molecule has 1 aliphatic heterocycles. The fourth-order valence-electron chi connectivity index (χ4n) is 2.79. The van der Waals surface area contributed by atoms with Crippen LogP contribution < -0.4 is 5.32 Å². The van der Waals surface area contributed by atoms with Crippen molar-refractivity contribution in [3.63, 3.8) is 0 Å². The summed E-state index contributed by atoms with van der Waals surface area (Å²) in [5.74, 6) is -0.667. The van der Waals surface area contributed by atoms with Gasteiger partial charge in [-0.25, -0.2) is 8.78 Å². The van der Waals surface area contributed by atoms with Crippen LogP contribution in [0.4, 0.5) is 8.78 Å². The van der Waals surface area contributed by atoms with Crippen LogP contribution in [0.25, 0.3) is 0 Å². The Morgan fingerprint density at radius 2 is 2.16 bits per heavy atom. The number of benzene rings is 1. The highest BCUT2D eigenvalue weighted by Gasteiger charge is 2.22. The van der Waals surface area contributed by atoms with Gasteiger partial charge >= 0.3 is 0 Å². The lowest BCUT2D eigenvalue weighted by Gasteiger charge is -2.36. The van der Waals surface area contributed by atoms with Gasteiger partial charge in [0.1, 0.15) is 11.6 Å². The highest BCUT2D eigenvalue weighted by atomic mass is 19.1. The minimum absolute atomic E-state index is 0.306. The van der Waals surface area contributed by atoms with Gasteiger partial charge in [-0.2, -0.15) is 0 Å². The highest BCUT2D eigenvalue weighted by molar-refractivity contribution is 5.18. The first-order valence-electron chi connectivity index (χ1n) is 7.03. The van der Waals surface area contributed by atoms with E-state index in [2.05, 4.69) is 10.2 Å². The normalized spacial score (nSPS) is 20.7. The molecule has 0 radical (unpaired) electrons. The maximum absolute atomic E-state index is 13.7. The van der Waals surface area contributed by atoms with E-state index in [1.54, 1.807) is 0 Å². The van der Waals surface area contributed by atoms with Crippen LogP contribution >= 0.6 is 0 Å². The van der Waals surface area contributed by atoms with Crippen molar-refractivity contribution in [2.24, 2.45) is 0 Å². The number of nitrogens with zero attached hydrogens (tertiary/aromatic N) is 1. The molecule has 2 nitrogen and oxygen atoms in total. The van der Waals surface area contributed by atoms with Crippen LogP contribution in [-0.4, -0.2) is 31.1 Å². The molecule has 0 saturated carbocycles. The van der Waals surface area contributed by atoms with Crippen LogP contribution in [0.1, 0.15) is 31.2 Å². The Morgan fingerprint density at radius 1 is 1.32 bits per heavy atom. The van der Waals surface area contributed by atoms with Crippen molar-refractivity contribution in [1.29, 1.82) is 0 Å². The van der Waals surface area contributed by atoms with Gasteiger partial charge in [-0.3, -0.25) is 4.90 Å². The van der Waals surface area contributed by atoms with Crippen LogP contribution in [0.3, 0.4) is 0 Å². The lowest BCUT2D eigenvalue weighted by atomic mass is 9.98. The van der Waals surface area contributed by atoms with Crippen LogP contribution in [0.2, 0.25) is 0 Å². The first kappa shape index (κ1) is 14.4. The van der Waals surface area contributed by atoms with Crippen LogP contribution in [0, 0.1) is 11.6 Å². The quantitative estimate of drug-likeness (QED) is 0.883. The zero-order valence-corrected chi connectivity index (χ0v) is 11.5. The number of hydrogen-bond acceptors (Lipinski definition) is 2. The number of nitrogens with one attached hydrogen (secondary N) is 1. The molecule has 106 valence electrons. The zero-order valence-electron chi connectivity index (χ0n) is 11.5. The average Bonchev–Trinajstić information content (AvgIpc) is 2.42. The molecule has 0 bridgehead atoms. The van der Waals surface area contributed by atoms with E-state index in [0.717, 1.165) is 32.4 Å². The topological polar surface area (TPSA) is 15.3 Å². The molecule has 1 aliphatic rings. The first-order valence-corrected chi connectivity index (χ1v) is 7.03. The Hall–Kier alpha value is -1.00. The first-order chi connectivity index (χ1) is 9.20. The Balaban J connectivity index is 2.04. The molecule has 4 heteroatoms. The standard InChI is InChI=1S/C15H22F2N2/c1-18-8-7-14-4-2-3-9-19(14)11-12-10-13(16)5-6-15(12)17/h5-6,10,14,18H,2-4,7-9,11H2,1H3. The summed E-state index contributed by atoms with van der Waals surface area (Å²) < 4.78 is 26.9. The minimum Gasteiger partial charge on any atom is -0.320 e. The number of hydrogen-bond donors (Lipinski definition) is 1. The van der Waals surface area contributed by atoms with Crippen molar-refractivity contribution < 1.29 is 8.78 Å². The zero-order chi connectivity index (χ0) is 13.7. The van der Waals surface area contributed by atoms with E-state index >= 15 is 0 Å². The van der Waals surface area contributed by atoms with Crippen molar-refractivity contribution in [2.75, 3.05) is 20.1 Å². The van der Waals surface area contributed by atoms with Gasteiger partial charge in [-0.1, -0.05) is 6.42 Å². The van der Waals surface area contributed by atoms with Gasteiger partial charge in [0.25, 0.3) is 0 Å². The van der Waals surface area contributed by atoms with Gasteiger partial charge in [0.05, 0.1) is 0 Å². The Bertz CT molecular complexity index is 409. The minimum atomic E-state index is -0.361. The maximum Gasteiger partial charge on any atom is 0.127 e. The Kier molecular flexibility index (Phi) is 5.28. The van der Waals surface area contributed by atoms with E-state index < -0.39 is 0 Å². The van der Waals surface area contributed by atoms with Crippen LogP contribution in [-0.2, 0) is 6.54 Å². The third kappa shape index (κ3) is 3.98. The fraction of sp³-hybridized carbons (Fsp3) is 0.600. The molecular weight excluding hydrogens is 246 g/mol. The molecule has 2 rings (SSSR count). The lowest BCUT2D eigenvalue weighted by Crippen LogP contribution is -2.40. The summed E-state index contributed by atoms with van der Waals surface area (Å²) in [6.07, 6.45) is 4.59. The molecule has 0 aromatic heterocycles. The molecule has 19 heavy (non-hydrogen) atoms. The summed E-state index contributed by atoms with van der Waals surface area (Å²) in [5, 5.41) is 3.16. The highest BCUT2D eigenvalue weighted by Crippen LogP contribution is 2.23. The molecule has 0 aliphatic carbocycles.